The van der Waals surface area contributed by atoms with E-state index in [1.165, 1.54) is 23.6 Å². The number of aromatic nitrogens is 1. The van der Waals surface area contributed by atoms with Crippen LogP contribution in [0, 0.1) is 5.82 Å². The number of alkyl halides is 3. The van der Waals surface area contributed by atoms with Crippen LogP contribution in [-0.2, 0) is 4.74 Å². The summed E-state index contributed by atoms with van der Waals surface area (Å²) in [5.41, 5.74) is -1.01. The second-order valence-electron chi connectivity index (χ2n) is 7.28. The molecule has 1 saturated heterocycles. The molecule has 2 aliphatic heterocycles. The Kier molecular flexibility index (Phi) is 6.82. The first-order chi connectivity index (χ1) is 15.3. The van der Waals surface area contributed by atoms with E-state index in [0.29, 0.717) is 18.2 Å². The lowest BCUT2D eigenvalue weighted by Gasteiger charge is -2.37. The third kappa shape index (κ3) is 4.81. The van der Waals surface area contributed by atoms with Crippen LogP contribution in [-0.4, -0.2) is 66.0 Å². The summed E-state index contributed by atoms with van der Waals surface area (Å²) in [6.07, 6.45) is -3.22. The van der Waals surface area contributed by atoms with Crippen molar-refractivity contribution in [1.29, 1.82) is 0 Å². The van der Waals surface area contributed by atoms with Crippen LogP contribution in [0.25, 0.3) is 0 Å². The Labute approximate surface area is 190 Å². The Morgan fingerprint density at radius 1 is 1.34 bits per heavy atom. The first-order valence-electron chi connectivity index (χ1n) is 9.70. The van der Waals surface area contributed by atoms with E-state index in [1.807, 2.05) is 0 Å². The van der Waals surface area contributed by atoms with Crippen molar-refractivity contribution < 1.29 is 27.4 Å². The number of aliphatic imine (C=N–C) groups is 1. The van der Waals surface area contributed by atoms with Crippen LogP contribution in [0.4, 0.5) is 17.6 Å². The normalized spacial score (nSPS) is 22.6. The van der Waals surface area contributed by atoms with E-state index in [2.05, 4.69) is 15.3 Å². The zero-order valence-electron chi connectivity index (χ0n) is 16.6. The van der Waals surface area contributed by atoms with E-state index in [-0.39, 0.29) is 41.9 Å². The van der Waals surface area contributed by atoms with Gasteiger partial charge in [0, 0.05) is 35.4 Å². The van der Waals surface area contributed by atoms with Gasteiger partial charge in [-0.1, -0.05) is 17.7 Å². The molecule has 2 atom stereocenters. The average Bonchev–Trinajstić information content (AvgIpc) is 3.28. The molecule has 0 radical (unpaired) electrons. The maximum Gasteiger partial charge on any atom is 0.416 e. The topological polar surface area (TPSA) is 70.0 Å². The van der Waals surface area contributed by atoms with Gasteiger partial charge in [0.05, 0.1) is 31.4 Å². The molecule has 0 amide bonds. The van der Waals surface area contributed by atoms with Crippen molar-refractivity contribution in [2.45, 2.75) is 18.3 Å². The number of nitrogens with one attached hydrogen (secondary N) is 1. The minimum atomic E-state index is -4.75. The number of morpholine rings is 1. The summed E-state index contributed by atoms with van der Waals surface area (Å²) in [5, 5.41) is 14.4. The molecule has 2 aliphatic rings. The van der Waals surface area contributed by atoms with Crippen LogP contribution in [0.15, 0.2) is 46.0 Å². The number of benzene rings is 1. The first kappa shape index (κ1) is 23.1. The van der Waals surface area contributed by atoms with Crippen LogP contribution in [0.5, 0.6) is 0 Å². The molecule has 0 bridgehead atoms. The molecule has 0 saturated carbocycles. The molecule has 0 aliphatic carbocycles. The fourth-order valence-electron chi connectivity index (χ4n) is 3.72. The molecule has 12 heteroatoms. The van der Waals surface area contributed by atoms with Crippen LogP contribution >= 0.6 is 22.9 Å². The molecule has 1 aromatic heterocycles. The summed E-state index contributed by atoms with van der Waals surface area (Å²) in [4.78, 5) is 10.2. The Morgan fingerprint density at radius 3 is 2.81 bits per heavy atom. The van der Waals surface area contributed by atoms with E-state index in [4.69, 9.17) is 16.3 Å². The van der Waals surface area contributed by atoms with Crippen molar-refractivity contribution in [2.24, 2.45) is 4.99 Å². The molecule has 6 nitrogen and oxygen atoms in total. The predicted molar refractivity (Wildman–Crippen MR) is 112 cm³/mol. The second-order valence-corrected chi connectivity index (χ2v) is 8.58. The van der Waals surface area contributed by atoms with E-state index in [0.717, 1.165) is 12.1 Å². The van der Waals surface area contributed by atoms with Crippen molar-refractivity contribution in [1.82, 2.24) is 15.2 Å². The summed E-state index contributed by atoms with van der Waals surface area (Å²) in [5.74, 6) is -0.490. The lowest BCUT2D eigenvalue weighted by molar-refractivity contribution is -0.0978. The molecule has 1 aromatic carbocycles. The number of hydrogen-bond donors (Lipinski definition) is 2. The van der Waals surface area contributed by atoms with E-state index >= 15 is 0 Å². The molecule has 3 heterocycles. The number of thiazole rings is 1. The van der Waals surface area contributed by atoms with Gasteiger partial charge in [-0.15, -0.1) is 11.3 Å². The van der Waals surface area contributed by atoms with Crippen LogP contribution in [0.1, 0.15) is 16.6 Å². The van der Waals surface area contributed by atoms with Crippen molar-refractivity contribution in [3.63, 3.8) is 0 Å². The molecule has 2 N–H and O–H groups in total. The molecule has 32 heavy (non-hydrogen) atoms. The van der Waals surface area contributed by atoms with Gasteiger partial charge in [0.15, 0.2) is 10.8 Å². The third-order valence-corrected chi connectivity index (χ3v) is 6.35. The minimum Gasteiger partial charge on any atom is -0.395 e. The van der Waals surface area contributed by atoms with Gasteiger partial charge >= 0.3 is 6.18 Å². The fraction of sp³-hybridized carbons (Fsp3) is 0.400. The molecule has 2 aromatic rings. The maximum absolute atomic E-state index is 14.4. The highest BCUT2D eigenvalue weighted by Crippen LogP contribution is 2.44. The van der Waals surface area contributed by atoms with Gasteiger partial charge in [-0.2, -0.15) is 13.2 Å². The molecular formula is C20H19ClF4N4O2S. The van der Waals surface area contributed by atoms with Crippen molar-refractivity contribution in [2.75, 3.05) is 32.9 Å². The lowest BCUT2D eigenvalue weighted by Crippen LogP contribution is -2.50. The number of halogens is 5. The first-order valence-corrected chi connectivity index (χ1v) is 11.0. The van der Waals surface area contributed by atoms with Gasteiger partial charge in [-0.25, -0.2) is 9.37 Å². The SMILES string of the molecule is OCC1COCCN1CC1=C(C(F)(F)F)C(c2ccc(F)cc2Cl)N=C(c2nccs2)N1. The van der Waals surface area contributed by atoms with E-state index < -0.39 is 29.7 Å². The summed E-state index contributed by atoms with van der Waals surface area (Å²) >= 11 is 7.36. The molecule has 1 fully saturated rings. The lowest BCUT2D eigenvalue weighted by atomic mass is 9.94. The zero-order valence-corrected chi connectivity index (χ0v) is 18.1. The van der Waals surface area contributed by atoms with Gasteiger partial charge in [0.25, 0.3) is 0 Å². The van der Waals surface area contributed by atoms with Crippen LogP contribution in [0.3, 0.4) is 0 Å². The zero-order chi connectivity index (χ0) is 22.9. The number of hydrogen-bond acceptors (Lipinski definition) is 7. The average molecular weight is 491 g/mol. The van der Waals surface area contributed by atoms with Crippen molar-refractivity contribution in [3.05, 3.63) is 62.5 Å². The Bertz CT molecular complexity index is 1030. The Balaban J connectivity index is 1.83. The summed E-state index contributed by atoms with van der Waals surface area (Å²) in [7, 11) is 0. The molecule has 172 valence electrons. The summed E-state index contributed by atoms with van der Waals surface area (Å²) in [6, 6.07) is 1.29. The highest BCUT2D eigenvalue weighted by molar-refractivity contribution is 7.11. The number of ether oxygens (including phenoxy) is 1. The van der Waals surface area contributed by atoms with Gasteiger partial charge < -0.3 is 15.2 Å². The van der Waals surface area contributed by atoms with Gasteiger partial charge in [0.1, 0.15) is 11.9 Å². The number of rotatable bonds is 5. The van der Waals surface area contributed by atoms with E-state index in [1.54, 1.807) is 10.3 Å². The fourth-order valence-corrected chi connectivity index (χ4v) is 4.58. The monoisotopic (exact) mass is 490 g/mol. The number of aliphatic hydroxyl groups is 1. The van der Waals surface area contributed by atoms with Gasteiger partial charge in [-0.3, -0.25) is 9.89 Å². The Hall–Kier alpha value is -2.05. The standard InChI is InChI=1S/C20H19ClF4N4O2S/c21-14-7-11(22)1-2-13(14)17-16(20(23,24)25)15(8-29-4-5-31-10-12(29)9-30)27-18(28-17)19-26-3-6-32-19/h1-3,6-7,12,17,30H,4-5,8-10H2,(H,27,28). The van der Waals surface area contributed by atoms with E-state index in [9.17, 15) is 22.7 Å². The summed E-state index contributed by atoms with van der Waals surface area (Å²) < 4.78 is 62.0. The molecule has 0 spiro atoms. The maximum atomic E-state index is 14.4. The quantitative estimate of drug-likeness (QED) is 0.627. The number of amidine groups is 1. The minimum absolute atomic E-state index is 0.0362. The smallest absolute Gasteiger partial charge is 0.395 e. The second kappa shape index (κ2) is 9.44. The van der Waals surface area contributed by atoms with Crippen molar-refractivity contribution >= 4 is 28.8 Å². The predicted octanol–water partition coefficient (Wildman–Crippen LogP) is 3.54. The Morgan fingerprint density at radius 2 is 2.16 bits per heavy atom. The van der Waals surface area contributed by atoms with Gasteiger partial charge in [0.2, 0.25) is 0 Å². The molecular weight excluding hydrogens is 472 g/mol. The van der Waals surface area contributed by atoms with Crippen LogP contribution < -0.4 is 5.32 Å². The molecule has 2 unspecified atom stereocenters. The highest BCUT2D eigenvalue weighted by Gasteiger charge is 2.45. The van der Waals surface area contributed by atoms with Crippen LogP contribution in [0.2, 0.25) is 5.02 Å². The summed E-state index contributed by atoms with van der Waals surface area (Å²) in [6.45, 7) is 0.531. The highest BCUT2D eigenvalue weighted by atomic mass is 35.5. The largest absolute Gasteiger partial charge is 0.416 e. The third-order valence-electron chi connectivity index (χ3n) is 5.24. The molecule has 4 rings (SSSR count). The van der Waals surface area contributed by atoms with Gasteiger partial charge in [-0.05, 0) is 17.7 Å². The number of aliphatic hydroxyl groups excluding tert-OH is 1. The number of nitrogens with zero attached hydrogens (tertiary/aromatic N) is 3. The van der Waals surface area contributed by atoms with Crippen molar-refractivity contribution in [3.8, 4) is 0 Å².